The summed E-state index contributed by atoms with van der Waals surface area (Å²) in [4.78, 5) is 30.8. The maximum Gasteiger partial charge on any atom is 0.280 e. The molecule has 2 N–H and O–H groups in total. The van der Waals surface area contributed by atoms with Crippen LogP contribution in [0.1, 0.15) is 30.4 Å². The normalized spacial score (nSPS) is 11.3. The minimum Gasteiger partial charge on any atom is -0.438 e. The van der Waals surface area contributed by atoms with E-state index in [9.17, 15) is 14.0 Å². The van der Waals surface area contributed by atoms with E-state index in [-0.39, 0.29) is 17.3 Å². The summed E-state index contributed by atoms with van der Waals surface area (Å²) in [6, 6.07) is 12.4. The molecule has 0 aliphatic heterocycles. The number of fused-ring (bicyclic) bond motifs is 1. The van der Waals surface area contributed by atoms with Crippen molar-refractivity contribution in [3.63, 3.8) is 0 Å². The number of amides is 1. The number of carbonyl (C=O) groups excluding carboxylic acids is 1. The summed E-state index contributed by atoms with van der Waals surface area (Å²) in [5.41, 5.74) is 2.76. The molecular weight excluding hydrogens is 539 g/mol. The van der Waals surface area contributed by atoms with E-state index >= 15 is 0 Å². The highest BCUT2D eigenvalue weighted by molar-refractivity contribution is 6.03. The zero-order valence-electron chi connectivity index (χ0n) is 22.9. The number of rotatable bonds is 7. The predicted octanol–water partition coefficient (Wildman–Crippen LogP) is 5.35. The number of anilines is 1. The molecule has 210 valence electrons. The monoisotopic (exact) mass is 564 g/mol. The van der Waals surface area contributed by atoms with E-state index in [1.54, 1.807) is 41.6 Å². The molecule has 0 atom stereocenters. The number of H-pyrrole nitrogens is 1. The standard InChI is InChI=1S/C30H25FN8O3/c1-17(2)39-16-24(18-4-6-21(31)7-5-18)29(40)28(37-39)30(41)36-22-8-9-27(32-15-22)42-26-10-19-14-35-38(3)25(19)11-23(26)20-12-33-34-13-20/h4-17H,1-3H3,(H,33,34)(H,36,41). The summed E-state index contributed by atoms with van der Waals surface area (Å²) in [6.07, 6.45) is 8.20. The van der Waals surface area contributed by atoms with Crippen molar-refractivity contribution in [2.45, 2.75) is 19.9 Å². The van der Waals surface area contributed by atoms with Crippen LogP contribution in [0.25, 0.3) is 33.2 Å². The van der Waals surface area contributed by atoms with Gasteiger partial charge in [0.15, 0.2) is 5.69 Å². The third-order valence-corrected chi connectivity index (χ3v) is 6.70. The molecule has 0 unspecified atom stereocenters. The van der Waals surface area contributed by atoms with Crippen LogP contribution in [0.2, 0.25) is 0 Å². The zero-order valence-corrected chi connectivity index (χ0v) is 22.9. The Balaban J connectivity index is 1.26. The Hall–Kier alpha value is -5.65. The molecule has 0 saturated heterocycles. The van der Waals surface area contributed by atoms with Crippen molar-refractivity contribution in [2.75, 3.05) is 5.32 Å². The summed E-state index contributed by atoms with van der Waals surface area (Å²) in [7, 11) is 1.86. The van der Waals surface area contributed by atoms with E-state index < -0.39 is 17.2 Å². The molecule has 6 rings (SSSR count). The number of carbonyl (C=O) groups is 1. The van der Waals surface area contributed by atoms with Gasteiger partial charge in [-0.2, -0.15) is 15.3 Å². The number of benzene rings is 2. The van der Waals surface area contributed by atoms with Crippen LogP contribution in [0.5, 0.6) is 11.6 Å². The molecule has 4 heterocycles. The molecule has 0 bridgehead atoms. The average Bonchev–Trinajstić information content (AvgIpc) is 3.64. The van der Waals surface area contributed by atoms with Crippen molar-refractivity contribution in [3.05, 3.63) is 101 Å². The highest BCUT2D eigenvalue weighted by Gasteiger charge is 2.20. The Labute approximate surface area is 238 Å². The first kappa shape index (κ1) is 26.6. The molecule has 0 saturated carbocycles. The molecule has 0 aliphatic rings. The van der Waals surface area contributed by atoms with Crippen LogP contribution in [-0.4, -0.2) is 40.6 Å². The van der Waals surface area contributed by atoms with Crippen LogP contribution in [0.15, 0.2) is 84.3 Å². The molecule has 0 fully saturated rings. The van der Waals surface area contributed by atoms with Gasteiger partial charge in [0.2, 0.25) is 11.3 Å². The first-order chi connectivity index (χ1) is 20.3. The summed E-state index contributed by atoms with van der Waals surface area (Å²) >= 11 is 0. The van der Waals surface area contributed by atoms with Gasteiger partial charge in [-0.1, -0.05) is 12.1 Å². The molecule has 2 aromatic carbocycles. The number of halogens is 1. The highest BCUT2D eigenvalue weighted by atomic mass is 19.1. The van der Waals surface area contributed by atoms with Gasteiger partial charge in [-0.25, -0.2) is 9.37 Å². The fourth-order valence-corrected chi connectivity index (χ4v) is 4.46. The SMILES string of the molecule is CC(C)n1cc(-c2ccc(F)cc2)c(=O)c(C(=O)Nc2ccc(Oc3cc4cnn(C)c4cc3-c3cn[nH]c3)nc2)n1. The predicted molar refractivity (Wildman–Crippen MR) is 155 cm³/mol. The topological polar surface area (TPSA) is 133 Å². The lowest BCUT2D eigenvalue weighted by atomic mass is 10.1. The van der Waals surface area contributed by atoms with E-state index in [0.717, 1.165) is 22.0 Å². The van der Waals surface area contributed by atoms with Crippen LogP contribution in [-0.2, 0) is 7.05 Å². The number of hydrogen-bond donors (Lipinski definition) is 2. The van der Waals surface area contributed by atoms with Gasteiger partial charge in [0.25, 0.3) is 5.91 Å². The van der Waals surface area contributed by atoms with Crippen molar-refractivity contribution >= 4 is 22.5 Å². The lowest BCUT2D eigenvalue weighted by Gasteiger charge is -2.14. The van der Waals surface area contributed by atoms with Gasteiger partial charge >= 0.3 is 0 Å². The van der Waals surface area contributed by atoms with Crippen LogP contribution < -0.4 is 15.5 Å². The average molecular weight is 565 g/mol. The third kappa shape index (κ3) is 5.12. The third-order valence-electron chi connectivity index (χ3n) is 6.70. The first-order valence-electron chi connectivity index (χ1n) is 13.1. The molecular formula is C30H25FN8O3. The Kier molecular flexibility index (Phi) is 6.79. The Morgan fingerprint density at radius 2 is 1.83 bits per heavy atom. The number of hydrogen-bond acceptors (Lipinski definition) is 7. The number of nitrogens with one attached hydrogen (secondary N) is 2. The smallest absolute Gasteiger partial charge is 0.280 e. The van der Waals surface area contributed by atoms with Crippen LogP contribution >= 0.6 is 0 Å². The second kappa shape index (κ2) is 10.7. The minimum absolute atomic E-state index is 0.132. The maximum absolute atomic E-state index is 13.5. The fraction of sp³-hybridized carbons (Fsp3) is 0.133. The van der Waals surface area contributed by atoms with Crippen LogP contribution in [0.3, 0.4) is 0 Å². The number of nitrogens with zero attached hydrogens (tertiary/aromatic N) is 6. The van der Waals surface area contributed by atoms with Gasteiger partial charge in [0.05, 0.1) is 29.8 Å². The molecule has 4 aromatic heterocycles. The quantitative estimate of drug-likeness (QED) is 0.267. The van der Waals surface area contributed by atoms with E-state index in [0.29, 0.717) is 22.9 Å². The van der Waals surface area contributed by atoms with E-state index in [1.807, 2.05) is 33.0 Å². The molecule has 42 heavy (non-hydrogen) atoms. The van der Waals surface area contributed by atoms with Crippen molar-refractivity contribution in [2.24, 2.45) is 7.05 Å². The van der Waals surface area contributed by atoms with Gasteiger partial charge in [-0.3, -0.25) is 24.1 Å². The Bertz CT molecular complexity index is 1960. The summed E-state index contributed by atoms with van der Waals surface area (Å²) < 4.78 is 22.9. The number of aromatic nitrogens is 7. The maximum atomic E-state index is 13.5. The van der Waals surface area contributed by atoms with E-state index in [1.165, 1.54) is 35.1 Å². The molecule has 0 radical (unpaired) electrons. The number of aryl methyl sites for hydroxylation is 1. The molecule has 0 spiro atoms. The number of aromatic amines is 1. The zero-order chi connectivity index (χ0) is 29.4. The first-order valence-corrected chi connectivity index (χ1v) is 13.1. The minimum atomic E-state index is -0.696. The molecule has 11 nitrogen and oxygen atoms in total. The van der Waals surface area contributed by atoms with Gasteiger partial charge < -0.3 is 10.1 Å². The van der Waals surface area contributed by atoms with Crippen LogP contribution in [0, 0.1) is 5.82 Å². The lowest BCUT2D eigenvalue weighted by molar-refractivity contribution is 0.101. The second-order valence-corrected chi connectivity index (χ2v) is 9.90. The Morgan fingerprint density at radius 3 is 2.52 bits per heavy atom. The van der Waals surface area contributed by atoms with Crippen molar-refractivity contribution < 1.29 is 13.9 Å². The van der Waals surface area contributed by atoms with Gasteiger partial charge in [0.1, 0.15) is 11.6 Å². The molecule has 6 aromatic rings. The Morgan fingerprint density at radius 1 is 1.02 bits per heavy atom. The van der Waals surface area contributed by atoms with Crippen molar-refractivity contribution in [1.82, 2.24) is 34.7 Å². The second-order valence-electron chi connectivity index (χ2n) is 9.90. The van der Waals surface area contributed by atoms with E-state index in [4.69, 9.17) is 4.74 Å². The summed E-state index contributed by atoms with van der Waals surface area (Å²) in [5, 5.41) is 19.0. The van der Waals surface area contributed by atoms with Crippen LogP contribution in [0.4, 0.5) is 10.1 Å². The molecule has 12 heteroatoms. The van der Waals surface area contributed by atoms with E-state index in [2.05, 4.69) is 30.7 Å². The largest absolute Gasteiger partial charge is 0.438 e. The van der Waals surface area contributed by atoms with Gasteiger partial charge in [-0.05, 0) is 49.7 Å². The number of pyridine rings is 1. The summed E-state index contributed by atoms with van der Waals surface area (Å²) in [5.74, 6) is -0.278. The van der Waals surface area contributed by atoms with Gasteiger partial charge in [-0.15, -0.1) is 0 Å². The summed E-state index contributed by atoms with van der Waals surface area (Å²) in [6.45, 7) is 3.75. The van der Waals surface area contributed by atoms with Crippen molar-refractivity contribution in [1.29, 1.82) is 0 Å². The van der Waals surface area contributed by atoms with Gasteiger partial charge in [0, 0.05) is 53.6 Å². The lowest BCUT2D eigenvalue weighted by Crippen LogP contribution is -2.28. The fourth-order valence-electron chi connectivity index (χ4n) is 4.46. The molecule has 0 aliphatic carbocycles. The number of ether oxygens (including phenoxy) is 1. The highest BCUT2D eigenvalue weighted by Crippen LogP contribution is 2.36. The molecule has 1 amide bonds. The van der Waals surface area contributed by atoms with Crippen molar-refractivity contribution in [3.8, 4) is 33.9 Å².